The van der Waals surface area contributed by atoms with Crippen LogP contribution in [0.3, 0.4) is 0 Å². The van der Waals surface area contributed by atoms with Crippen molar-refractivity contribution in [2.75, 3.05) is 26.2 Å². The van der Waals surface area contributed by atoms with E-state index in [2.05, 4.69) is 29.2 Å². The van der Waals surface area contributed by atoms with E-state index in [4.69, 9.17) is 9.47 Å². The van der Waals surface area contributed by atoms with Gasteiger partial charge < -0.3 is 9.47 Å². The molecule has 0 spiro atoms. The molecule has 1 fully saturated rings. The molecule has 0 radical (unpaired) electrons. The lowest BCUT2D eigenvalue weighted by molar-refractivity contribution is 0.0527. The van der Waals surface area contributed by atoms with E-state index in [1.807, 2.05) is 0 Å². The fourth-order valence-electron chi connectivity index (χ4n) is 3.91. The number of rotatable bonds is 4. The highest BCUT2D eigenvalue weighted by atomic mass is 19.1. The Bertz CT molecular complexity index is 703. The second kappa shape index (κ2) is 7.54. The van der Waals surface area contributed by atoms with Crippen molar-refractivity contribution in [3.8, 4) is 5.75 Å². The standard InChI is InChI=1S/C21H24FNO2/c22-18-7-9-19(10-8-18)25-20-5-3-11-23(13-20)12-17-15-24-14-16-4-1-2-6-21(16)17/h1-2,4,6-10,17,20H,3,5,11-15H2/t17?,20-/m1/s1. The summed E-state index contributed by atoms with van der Waals surface area (Å²) in [6.07, 6.45) is 2.34. The molecule has 0 amide bonds. The van der Waals surface area contributed by atoms with Crippen molar-refractivity contribution >= 4 is 0 Å². The predicted octanol–water partition coefficient (Wildman–Crippen LogP) is 3.98. The topological polar surface area (TPSA) is 21.7 Å². The Balaban J connectivity index is 1.38. The van der Waals surface area contributed by atoms with Gasteiger partial charge in [0.15, 0.2) is 0 Å². The Morgan fingerprint density at radius 2 is 1.96 bits per heavy atom. The maximum atomic E-state index is 13.0. The molecule has 0 aliphatic carbocycles. The van der Waals surface area contributed by atoms with E-state index in [9.17, 15) is 4.39 Å². The summed E-state index contributed by atoms with van der Waals surface area (Å²) in [6.45, 7) is 4.53. The monoisotopic (exact) mass is 341 g/mol. The summed E-state index contributed by atoms with van der Waals surface area (Å²) >= 11 is 0. The molecule has 25 heavy (non-hydrogen) atoms. The van der Waals surface area contributed by atoms with Gasteiger partial charge in [-0.15, -0.1) is 0 Å². The maximum Gasteiger partial charge on any atom is 0.123 e. The van der Waals surface area contributed by atoms with Crippen LogP contribution in [0, 0.1) is 5.82 Å². The molecule has 2 aromatic carbocycles. The largest absolute Gasteiger partial charge is 0.489 e. The molecular formula is C21H24FNO2. The number of halogens is 1. The lowest BCUT2D eigenvalue weighted by Gasteiger charge is -2.36. The van der Waals surface area contributed by atoms with Crippen LogP contribution in [-0.2, 0) is 11.3 Å². The van der Waals surface area contributed by atoms with Crippen LogP contribution in [0.25, 0.3) is 0 Å². The lowest BCUT2D eigenvalue weighted by Crippen LogP contribution is -2.43. The SMILES string of the molecule is Fc1ccc(O[C@@H]2CCCN(CC3COCc4ccccc43)C2)cc1. The van der Waals surface area contributed by atoms with Gasteiger partial charge in [0.1, 0.15) is 17.7 Å². The van der Waals surface area contributed by atoms with Crippen molar-refractivity contribution < 1.29 is 13.9 Å². The van der Waals surface area contributed by atoms with Gasteiger partial charge >= 0.3 is 0 Å². The zero-order valence-electron chi connectivity index (χ0n) is 14.4. The first-order valence-electron chi connectivity index (χ1n) is 9.08. The normalized spacial score (nSPS) is 23.9. The summed E-state index contributed by atoms with van der Waals surface area (Å²) in [4.78, 5) is 2.48. The minimum atomic E-state index is -0.228. The van der Waals surface area contributed by atoms with Gasteiger partial charge in [0.2, 0.25) is 0 Å². The van der Waals surface area contributed by atoms with Gasteiger partial charge in [-0.1, -0.05) is 24.3 Å². The van der Waals surface area contributed by atoms with E-state index >= 15 is 0 Å². The molecule has 4 heteroatoms. The van der Waals surface area contributed by atoms with E-state index in [0.29, 0.717) is 5.92 Å². The van der Waals surface area contributed by atoms with E-state index in [-0.39, 0.29) is 11.9 Å². The van der Waals surface area contributed by atoms with Crippen molar-refractivity contribution in [2.45, 2.75) is 31.5 Å². The molecule has 2 atom stereocenters. The molecular weight excluding hydrogens is 317 g/mol. The average Bonchev–Trinajstić information content (AvgIpc) is 2.64. The fraction of sp³-hybridized carbons (Fsp3) is 0.429. The number of benzene rings is 2. The Labute approximate surface area is 148 Å². The van der Waals surface area contributed by atoms with E-state index in [1.165, 1.54) is 23.3 Å². The van der Waals surface area contributed by atoms with Gasteiger partial charge in [-0.05, 0) is 54.8 Å². The summed E-state index contributed by atoms with van der Waals surface area (Å²) < 4.78 is 24.9. The molecule has 1 saturated heterocycles. The molecule has 2 aliphatic rings. The van der Waals surface area contributed by atoms with Crippen LogP contribution in [0.4, 0.5) is 4.39 Å². The highest BCUT2D eigenvalue weighted by Crippen LogP contribution is 2.28. The summed E-state index contributed by atoms with van der Waals surface area (Å²) in [7, 11) is 0. The van der Waals surface area contributed by atoms with Gasteiger partial charge in [0, 0.05) is 19.0 Å². The van der Waals surface area contributed by atoms with Crippen LogP contribution in [0.15, 0.2) is 48.5 Å². The lowest BCUT2D eigenvalue weighted by atomic mass is 9.92. The smallest absolute Gasteiger partial charge is 0.123 e. The third-order valence-corrected chi connectivity index (χ3v) is 5.13. The number of hydrogen-bond donors (Lipinski definition) is 0. The molecule has 1 unspecified atom stereocenters. The molecule has 132 valence electrons. The number of nitrogens with zero attached hydrogens (tertiary/aromatic N) is 1. The van der Waals surface area contributed by atoms with Crippen LogP contribution in [0.1, 0.15) is 29.9 Å². The quantitative estimate of drug-likeness (QED) is 0.839. The van der Waals surface area contributed by atoms with E-state index in [1.54, 1.807) is 12.1 Å². The zero-order valence-corrected chi connectivity index (χ0v) is 14.4. The van der Waals surface area contributed by atoms with Gasteiger partial charge in [-0.25, -0.2) is 4.39 Å². The summed E-state index contributed by atoms with van der Waals surface area (Å²) in [5.74, 6) is 0.947. The third kappa shape index (κ3) is 4.02. The van der Waals surface area contributed by atoms with Crippen molar-refractivity contribution in [1.29, 1.82) is 0 Å². The number of hydrogen-bond acceptors (Lipinski definition) is 3. The van der Waals surface area contributed by atoms with Crippen molar-refractivity contribution in [3.05, 3.63) is 65.5 Å². The highest BCUT2D eigenvalue weighted by molar-refractivity contribution is 5.31. The predicted molar refractivity (Wildman–Crippen MR) is 95.3 cm³/mol. The van der Waals surface area contributed by atoms with Crippen molar-refractivity contribution in [3.63, 3.8) is 0 Å². The second-order valence-corrected chi connectivity index (χ2v) is 7.01. The molecule has 0 saturated carbocycles. The summed E-state index contributed by atoms with van der Waals surface area (Å²) in [5.41, 5.74) is 2.74. The number of fused-ring (bicyclic) bond motifs is 1. The van der Waals surface area contributed by atoms with Crippen LogP contribution in [0.5, 0.6) is 5.75 Å². The van der Waals surface area contributed by atoms with Crippen LogP contribution in [-0.4, -0.2) is 37.2 Å². The Hall–Kier alpha value is -1.91. The average molecular weight is 341 g/mol. The molecule has 2 heterocycles. The van der Waals surface area contributed by atoms with Crippen molar-refractivity contribution in [2.24, 2.45) is 0 Å². The van der Waals surface area contributed by atoms with Gasteiger partial charge in [-0.3, -0.25) is 4.90 Å². The van der Waals surface area contributed by atoms with Crippen LogP contribution >= 0.6 is 0 Å². The molecule has 4 rings (SSSR count). The summed E-state index contributed by atoms with van der Waals surface area (Å²) in [5, 5.41) is 0. The highest BCUT2D eigenvalue weighted by Gasteiger charge is 2.27. The number of piperidine rings is 1. The Morgan fingerprint density at radius 3 is 2.84 bits per heavy atom. The Kier molecular flexibility index (Phi) is 4.99. The van der Waals surface area contributed by atoms with Crippen LogP contribution in [0.2, 0.25) is 0 Å². The first-order valence-corrected chi connectivity index (χ1v) is 9.08. The second-order valence-electron chi connectivity index (χ2n) is 7.01. The minimum absolute atomic E-state index is 0.166. The molecule has 2 aromatic rings. The molecule has 0 N–H and O–H groups in total. The molecule has 0 aromatic heterocycles. The zero-order chi connectivity index (χ0) is 17.1. The summed E-state index contributed by atoms with van der Waals surface area (Å²) in [6, 6.07) is 14.9. The fourth-order valence-corrected chi connectivity index (χ4v) is 3.91. The van der Waals surface area contributed by atoms with Gasteiger partial charge in [-0.2, -0.15) is 0 Å². The molecule has 3 nitrogen and oxygen atoms in total. The minimum Gasteiger partial charge on any atom is -0.489 e. The van der Waals surface area contributed by atoms with Crippen molar-refractivity contribution in [1.82, 2.24) is 4.90 Å². The van der Waals surface area contributed by atoms with E-state index < -0.39 is 0 Å². The Morgan fingerprint density at radius 1 is 1.12 bits per heavy atom. The number of ether oxygens (including phenoxy) is 2. The first kappa shape index (κ1) is 16.6. The van der Waals surface area contributed by atoms with Crippen LogP contribution < -0.4 is 4.74 Å². The van der Waals surface area contributed by atoms with Gasteiger partial charge in [0.25, 0.3) is 0 Å². The maximum absolute atomic E-state index is 13.0. The third-order valence-electron chi connectivity index (χ3n) is 5.13. The molecule has 0 bridgehead atoms. The first-order chi connectivity index (χ1) is 12.3. The van der Waals surface area contributed by atoms with Gasteiger partial charge in [0.05, 0.1) is 13.2 Å². The van der Waals surface area contributed by atoms with E-state index in [0.717, 1.165) is 51.4 Å². The number of likely N-dealkylation sites (tertiary alicyclic amines) is 1. The molecule has 2 aliphatic heterocycles.